The van der Waals surface area contributed by atoms with Crippen molar-refractivity contribution in [2.24, 2.45) is 5.73 Å². The van der Waals surface area contributed by atoms with Gasteiger partial charge in [-0.15, -0.1) is 11.3 Å². The first kappa shape index (κ1) is 20.5. The molecule has 0 aliphatic heterocycles. The Hall–Kier alpha value is -3.78. The molecule has 2 aromatic carbocycles. The summed E-state index contributed by atoms with van der Waals surface area (Å²) in [5.74, 6) is 0.191. The molecule has 0 saturated carbocycles. The number of nitrogens with zero attached hydrogens (tertiary/aromatic N) is 2. The number of pyridine rings is 1. The van der Waals surface area contributed by atoms with Gasteiger partial charge in [0.1, 0.15) is 5.75 Å². The van der Waals surface area contributed by atoms with Crippen molar-refractivity contribution in [2.75, 3.05) is 5.32 Å². The smallest absolute Gasteiger partial charge is 0.248 e. The minimum atomic E-state index is -0.528. The van der Waals surface area contributed by atoms with E-state index in [0.717, 1.165) is 28.1 Å². The van der Waals surface area contributed by atoms with Gasteiger partial charge in [0, 0.05) is 18.1 Å². The maximum absolute atomic E-state index is 12.2. The van der Waals surface area contributed by atoms with Crippen LogP contribution in [0.15, 0.2) is 66.9 Å². The second-order valence-electron chi connectivity index (χ2n) is 6.86. The quantitative estimate of drug-likeness (QED) is 0.425. The lowest BCUT2D eigenvalue weighted by atomic mass is 10.2. The van der Waals surface area contributed by atoms with Gasteiger partial charge in [0.25, 0.3) is 0 Å². The summed E-state index contributed by atoms with van der Waals surface area (Å²) in [6.45, 7) is 0. The van der Waals surface area contributed by atoms with Crippen molar-refractivity contribution in [3.05, 3.63) is 77.4 Å². The lowest BCUT2D eigenvalue weighted by Gasteiger charge is -2.08. The number of nitrogens with one attached hydrogen (secondary N) is 1. The van der Waals surface area contributed by atoms with E-state index in [1.165, 1.54) is 6.20 Å². The highest BCUT2D eigenvalue weighted by molar-refractivity contribution is 7.18. The summed E-state index contributed by atoms with van der Waals surface area (Å²) in [6, 6.07) is 17.9. The number of thiazole rings is 1. The Kier molecular flexibility index (Phi) is 6.18. The number of aryl methyl sites for hydroxylation is 1. The SMILES string of the molecule is NC(=O)c1cccc(Oc2ccc(NC(=O)CCCc3nc4ccccc4s3)cn2)c1. The first-order valence-corrected chi connectivity index (χ1v) is 10.6. The summed E-state index contributed by atoms with van der Waals surface area (Å²) >= 11 is 1.67. The minimum absolute atomic E-state index is 0.0780. The zero-order valence-corrected chi connectivity index (χ0v) is 17.4. The number of hydrogen-bond donors (Lipinski definition) is 2. The molecule has 4 rings (SSSR count). The summed E-state index contributed by atoms with van der Waals surface area (Å²) in [4.78, 5) is 32.3. The summed E-state index contributed by atoms with van der Waals surface area (Å²) in [6.07, 6.45) is 3.41. The predicted octanol–water partition coefficient (Wildman–Crippen LogP) is 4.54. The van der Waals surface area contributed by atoms with Crippen molar-refractivity contribution in [1.29, 1.82) is 0 Å². The highest BCUT2D eigenvalue weighted by Crippen LogP contribution is 2.23. The van der Waals surface area contributed by atoms with Crippen LogP contribution in [0, 0.1) is 0 Å². The molecule has 3 N–H and O–H groups in total. The number of ether oxygens (including phenoxy) is 1. The van der Waals surface area contributed by atoms with Crippen molar-refractivity contribution in [3.63, 3.8) is 0 Å². The van der Waals surface area contributed by atoms with Crippen LogP contribution in [-0.2, 0) is 11.2 Å². The molecule has 2 aromatic heterocycles. The summed E-state index contributed by atoms with van der Waals surface area (Å²) < 4.78 is 6.79. The number of nitrogens with two attached hydrogens (primary N) is 1. The molecule has 4 aromatic rings. The monoisotopic (exact) mass is 432 g/mol. The fourth-order valence-electron chi connectivity index (χ4n) is 3.00. The molecule has 0 spiro atoms. The van der Waals surface area contributed by atoms with Crippen LogP contribution in [0.3, 0.4) is 0 Å². The largest absolute Gasteiger partial charge is 0.439 e. The maximum atomic E-state index is 12.2. The normalized spacial score (nSPS) is 10.7. The number of carbonyl (C=O) groups is 2. The highest BCUT2D eigenvalue weighted by Gasteiger charge is 2.08. The maximum Gasteiger partial charge on any atom is 0.248 e. The molecule has 0 aliphatic rings. The molecule has 31 heavy (non-hydrogen) atoms. The molecule has 2 amide bonds. The Balaban J connectivity index is 1.26. The zero-order valence-electron chi connectivity index (χ0n) is 16.6. The lowest BCUT2D eigenvalue weighted by molar-refractivity contribution is -0.116. The highest BCUT2D eigenvalue weighted by atomic mass is 32.1. The Morgan fingerprint density at radius 2 is 1.94 bits per heavy atom. The van der Waals surface area contributed by atoms with Gasteiger partial charge in [-0.25, -0.2) is 9.97 Å². The van der Waals surface area contributed by atoms with Gasteiger partial charge >= 0.3 is 0 Å². The summed E-state index contributed by atoms with van der Waals surface area (Å²) in [7, 11) is 0. The van der Waals surface area contributed by atoms with Gasteiger partial charge in [0.05, 0.1) is 27.1 Å². The van der Waals surface area contributed by atoms with Crippen molar-refractivity contribution in [3.8, 4) is 11.6 Å². The van der Waals surface area contributed by atoms with Crippen molar-refractivity contribution in [2.45, 2.75) is 19.3 Å². The number of rotatable bonds is 8. The van der Waals surface area contributed by atoms with E-state index in [2.05, 4.69) is 21.4 Å². The zero-order chi connectivity index (χ0) is 21.6. The number of primary amides is 1. The minimum Gasteiger partial charge on any atom is -0.439 e. The average molecular weight is 433 g/mol. The molecule has 0 saturated heterocycles. The van der Waals surface area contributed by atoms with Crippen LogP contribution < -0.4 is 15.8 Å². The Morgan fingerprint density at radius 1 is 1.06 bits per heavy atom. The van der Waals surface area contributed by atoms with Gasteiger partial charge in [0.15, 0.2) is 0 Å². The third-order valence-electron chi connectivity index (χ3n) is 4.49. The molecule has 0 radical (unpaired) electrons. The van der Waals surface area contributed by atoms with Crippen molar-refractivity contribution in [1.82, 2.24) is 9.97 Å². The topological polar surface area (TPSA) is 107 Å². The van der Waals surface area contributed by atoms with Gasteiger partial charge in [-0.1, -0.05) is 18.2 Å². The Morgan fingerprint density at radius 3 is 2.71 bits per heavy atom. The first-order chi connectivity index (χ1) is 15.1. The average Bonchev–Trinajstić information content (AvgIpc) is 3.18. The van der Waals surface area contributed by atoms with Crippen LogP contribution >= 0.6 is 11.3 Å². The molecule has 2 heterocycles. The molecule has 0 aliphatic carbocycles. The van der Waals surface area contributed by atoms with Crippen molar-refractivity contribution >= 4 is 39.1 Å². The van der Waals surface area contributed by atoms with Crippen LogP contribution in [-0.4, -0.2) is 21.8 Å². The van der Waals surface area contributed by atoms with E-state index in [1.54, 1.807) is 47.7 Å². The van der Waals surface area contributed by atoms with Crippen LogP contribution in [0.2, 0.25) is 0 Å². The van der Waals surface area contributed by atoms with Gasteiger partial charge in [0.2, 0.25) is 17.7 Å². The van der Waals surface area contributed by atoms with Crippen LogP contribution in [0.5, 0.6) is 11.6 Å². The number of carbonyl (C=O) groups excluding carboxylic acids is 2. The van der Waals surface area contributed by atoms with E-state index in [1.807, 2.05) is 18.2 Å². The van der Waals surface area contributed by atoms with Gasteiger partial charge in [-0.05, 0) is 49.2 Å². The third-order valence-corrected chi connectivity index (χ3v) is 5.59. The molecule has 8 heteroatoms. The fraction of sp³-hybridized carbons (Fsp3) is 0.130. The second kappa shape index (κ2) is 9.36. The van der Waals surface area contributed by atoms with Crippen LogP contribution in [0.1, 0.15) is 28.2 Å². The molecule has 7 nitrogen and oxygen atoms in total. The predicted molar refractivity (Wildman–Crippen MR) is 120 cm³/mol. The molecular formula is C23H20N4O3S. The molecule has 0 atom stereocenters. The lowest BCUT2D eigenvalue weighted by Crippen LogP contribution is -2.11. The van der Waals surface area contributed by atoms with E-state index in [9.17, 15) is 9.59 Å². The van der Waals surface area contributed by atoms with Gasteiger partial charge in [-0.3, -0.25) is 9.59 Å². The molecule has 0 fully saturated rings. The number of amides is 2. The number of aromatic nitrogens is 2. The van der Waals surface area contributed by atoms with E-state index >= 15 is 0 Å². The van der Waals surface area contributed by atoms with Crippen LogP contribution in [0.4, 0.5) is 5.69 Å². The van der Waals surface area contributed by atoms with Crippen molar-refractivity contribution < 1.29 is 14.3 Å². The molecule has 0 bridgehead atoms. The number of anilines is 1. The number of para-hydroxylation sites is 1. The van der Waals surface area contributed by atoms with Gasteiger partial charge in [-0.2, -0.15) is 0 Å². The Labute approximate surface area is 182 Å². The Bertz CT molecular complexity index is 1190. The van der Waals surface area contributed by atoms with E-state index in [-0.39, 0.29) is 5.91 Å². The molecule has 0 unspecified atom stereocenters. The summed E-state index contributed by atoms with van der Waals surface area (Å²) in [5.41, 5.74) is 7.22. The molecule has 156 valence electrons. The first-order valence-electron chi connectivity index (χ1n) is 9.75. The molecular weight excluding hydrogens is 412 g/mol. The van der Waals surface area contributed by atoms with Crippen LogP contribution in [0.25, 0.3) is 10.2 Å². The van der Waals surface area contributed by atoms with Gasteiger partial charge < -0.3 is 15.8 Å². The number of fused-ring (bicyclic) bond motifs is 1. The third kappa shape index (κ3) is 5.43. The fourth-order valence-corrected chi connectivity index (χ4v) is 4.01. The van der Waals surface area contributed by atoms with E-state index in [0.29, 0.717) is 29.3 Å². The number of hydrogen-bond acceptors (Lipinski definition) is 6. The number of benzene rings is 2. The summed E-state index contributed by atoms with van der Waals surface area (Å²) in [5, 5.41) is 3.87. The van der Waals surface area contributed by atoms with E-state index in [4.69, 9.17) is 10.5 Å². The standard InChI is InChI=1S/C23H20N4O3S/c24-23(29)15-5-3-6-17(13-15)30-21-12-11-16(14-25-21)26-20(28)9-4-10-22-27-18-7-1-2-8-19(18)31-22/h1-3,5-8,11-14H,4,9-10H2,(H2,24,29)(H,26,28). The second-order valence-corrected chi connectivity index (χ2v) is 7.97. The van der Waals surface area contributed by atoms with E-state index < -0.39 is 5.91 Å².